The van der Waals surface area contributed by atoms with Crippen LogP contribution in [-0.4, -0.2) is 53.8 Å². The standard InChI is InChI=1S/C16H26N4O2/c1-5-17-16(20-7-6-13(21)10-20)19-9-14-12(3)15(22-4)11(2)8-18-14/h8,13,21H,5-7,9-10H2,1-4H3,(H,17,19)/t13-/m1/s1. The van der Waals surface area contributed by atoms with Crippen LogP contribution < -0.4 is 10.1 Å². The summed E-state index contributed by atoms with van der Waals surface area (Å²) in [4.78, 5) is 11.2. The largest absolute Gasteiger partial charge is 0.496 e. The number of aryl methyl sites for hydroxylation is 1. The van der Waals surface area contributed by atoms with Crippen molar-refractivity contribution >= 4 is 5.96 Å². The Morgan fingerprint density at radius 3 is 2.91 bits per heavy atom. The number of aliphatic hydroxyl groups excluding tert-OH is 1. The molecular formula is C16H26N4O2. The lowest BCUT2D eigenvalue weighted by Gasteiger charge is -2.21. The highest BCUT2D eigenvalue weighted by atomic mass is 16.5. The van der Waals surface area contributed by atoms with Gasteiger partial charge in [-0.3, -0.25) is 4.98 Å². The number of β-amino-alcohol motifs (C(OH)–C–C–N with tert-alkyl or cyclic N) is 1. The molecule has 0 unspecified atom stereocenters. The van der Waals surface area contributed by atoms with E-state index in [1.165, 1.54) is 0 Å². The average molecular weight is 306 g/mol. The average Bonchev–Trinajstić information content (AvgIpc) is 2.92. The van der Waals surface area contributed by atoms with Crippen LogP contribution >= 0.6 is 0 Å². The summed E-state index contributed by atoms with van der Waals surface area (Å²) in [5.41, 5.74) is 2.98. The molecule has 1 aliphatic heterocycles. The number of aliphatic imine (C=N–C) groups is 1. The van der Waals surface area contributed by atoms with E-state index >= 15 is 0 Å². The van der Waals surface area contributed by atoms with E-state index in [1.54, 1.807) is 7.11 Å². The summed E-state index contributed by atoms with van der Waals surface area (Å²) in [6, 6.07) is 0. The summed E-state index contributed by atoms with van der Waals surface area (Å²) in [6.07, 6.45) is 2.35. The molecule has 0 aliphatic carbocycles. The third-order valence-corrected chi connectivity index (χ3v) is 3.93. The molecule has 0 radical (unpaired) electrons. The summed E-state index contributed by atoms with van der Waals surface area (Å²) < 4.78 is 5.44. The zero-order valence-electron chi connectivity index (χ0n) is 13.9. The van der Waals surface area contributed by atoms with Crippen molar-refractivity contribution < 1.29 is 9.84 Å². The number of ether oxygens (including phenoxy) is 1. The molecule has 6 nitrogen and oxygen atoms in total. The van der Waals surface area contributed by atoms with Crippen molar-refractivity contribution in [3.8, 4) is 5.75 Å². The molecule has 0 amide bonds. The molecule has 0 spiro atoms. The smallest absolute Gasteiger partial charge is 0.194 e. The summed E-state index contributed by atoms with van der Waals surface area (Å²) in [5, 5.41) is 13.0. The van der Waals surface area contributed by atoms with Gasteiger partial charge in [0.1, 0.15) is 5.75 Å². The second kappa shape index (κ2) is 7.45. The lowest BCUT2D eigenvalue weighted by molar-refractivity contribution is 0.188. The third kappa shape index (κ3) is 3.68. The molecular weight excluding hydrogens is 280 g/mol. The van der Waals surface area contributed by atoms with E-state index < -0.39 is 0 Å². The first-order valence-electron chi connectivity index (χ1n) is 7.77. The molecule has 6 heteroatoms. The number of hydrogen-bond acceptors (Lipinski definition) is 4. The van der Waals surface area contributed by atoms with Crippen LogP contribution in [0.25, 0.3) is 0 Å². The first-order valence-corrected chi connectivity index (χ1v) is 7.77. The lowest BCUT2D eigenvalue weighted by atomic mass is 10.1. The first kappa shape index (κ1) is 16.5. The molecule has 0 bridgehead atoms. The molecule has 0 aromatic carbocycles. The Labute approximate surface area is 132 Å². The predicted octanol–water partition coefficient (Wildman–Crippen LogP) is 1.24. The van der Waals surface area contributed by atoms with E-state index in [0.29, 0.717) is 13.1 Å². The van der Waals surface area contributed by atoms with E-state index in [-0.39, 0.29) is 6.10 Å². The summed E-state index contributed by atoms with van der Waals surface area (Å²) >= 11 is 0. The Balaban J connectivity index is 2.17. The Morgan fingerprint density at radius 1 is 1.55 bits per heavy atom. The van der Waals surface area contributed by atoms with Gasteiger partial charge in [-0.25, -0.2) is 4.99 Å². The summed E-state index contributed by atoms with van der Waals surface area (Å²) in [7, 11) is 1.68. The van der Waals surface area contributed by atoms with Crippen LogP contribution in [0, 0.1) is 13.8 Å². The minimum absolute atomic E-state index is 0.261. The van der Waals surface area contributed by atoms with E-state index in [0.717, 1.165) is 48.0 Å². The highest BCUT2D eigenvalue weighted by Crippen LogP contribution is 2.24. The van der Waals surface area contributed by atoms with Crippen LogP contribution in [-0.2, 0) is 6.54 Å². The molecule has 1 atom stereocenters. The minimum atomic E-state index is -0.261. The summed E-state index contributed by atoms with van der Waals surface area (Å²) in [6.45, 7) is 8.80. The van der Waals surface area contributed by atoms with Gasteiger partial charge in [0.05, 0.1) is 25.5 Å². The SMILES string of the molecule is CCNC(=NCc1ncc(C)c(OC)c1C)N1CC[C@@H](O)C1. The highest BCUT2D eigenvalue weighted by molar-refractivity contribution is 5.80. The normalized spacial score (nSPS) is 18.7. The first-order chi connectivity index (χ1) is 10.6. The second-order valence-corrected chi connectivity index (χ2v) is 5.60. The van der Waals surface area contributed by atoms with Gasteiger partial charge in [-0.2, -0.15) is 0 Å². The molecule has 2 rings (SSSR count). The molecule has 0 saturated carbocycles. The topological polar surface area (TPSA) is 70.0 Å². The predicted molar refractivity (Wildman–Crippen MR) is 87.3 cm³/mol. The van der Waals surface area contributed by atoms with Gasteiger partial charge in [-0.05, 0) is 27.2 Å². The Bertz CT molecular complexity index is 545. The highest BCUT2D eigenvalue weighted by Gasteiger charge is 2.22. The molecule has 2 heterocycles. The Morgan fingerprint density at radius 2 is 2.32 bits per heavy atom. The van der Waals surface area contributed by atoms with Crippen molar-refractivity contribution in [1.82, 2.24) is 15.2 Å². The van der Waals surface area contributed by atoms with Crippen molar-refractivity contribution in [1.29, 1.82) is 0 Å². The fraction of sp³-hybridized carbons (Fsp3) is 0.625. The monoisotopic (exact) mass is 306 g/mol. The fourth-order valence-electron chi connectivity index (χ4n) is 2.74. The Kier molecular flexibility index (Phi) is 5.60. The maximum Gasteiger partial charge on any atom is 0.194 e. The quantitative estimate of drug-likeness (QED) is 0.647. The van der Waals surface area contributed by atoms with E-state index in [1.807, 2.05) is 27.0 Å². The van der Waals surface area contributed by atoms with Crippen LogP contribution in [0.2, 0.25) is 0 Å². The van der Waals surface area contributed by atoms with E-state index in [2.05, 4.69) is 20.2 Å². The molecule has 1 aliphatic rings. The number of nitrogens with zero attached hydrogens (tertiary/aromatic N) is 3. The Hall–Kier alpha value is -1.82. The maximum absolute atomic E-state index is 9.69. The van der Waals surface area contributed by atoms with Crippen LogP contribution in [0.5, 0.6) is 5.75 Å². The molecule has 1 aromatic rings. The van der Waals surface area contributed by atoms with Crippen molar-refractivity contribution in [2.75, 3.05) is 26.7 Å². The van der Waals surface area contributed by atoms with Crippen molar-refractivity contribution in [2.45, 2.75) is 39.8 Å². The second-order valence-electron chi connectivity index (χ2n) is 5.60. The molecule has 1 aromatic heterocycles. The zero-order valence-corrected chi connectivity index (χ0v) is 13.9. The lowest BCUT2D eigenvalue weighted by Crippen LogP contribution is -2.40. The van der Waals surface area contributed by atoms with Gasteiger partial charge < -0.3 is 20.1 Å². The molecule has 1 fully saturated rings. The van der Waals surface area contributed by atoms with Gasteiger partial charge in [-0.1, -0.05) is 0 Å². The number of guanidine groups is 1. The number of hydrogen-bond donors (Lipinski definition) is 2. The van der Waals surface area contributed by atoms with Gasteiger partial charge in [0.15, 0.2) is 5.96 Å². The number of methoxy groups -OCH3 is 1. The van der Waals surface area contributed by atoms with Crippen LogP contribution in [0.4, 0.5) is 0 Å². The number of rotatable bonds is 4. The van der Waals surface area contributed by atoms with Crippen LogP contribution in [0.15, 0.2) is 11.2 Å². The number of pyridine rings is 1. The van der Waals surface area contributed by atoms with Crippen molar-refractivity contribution in [3.63, 3.8) is 0 Å². The van der Waals surface area contributed by atoms with Gasteiger partial charge in [-0.15, -0.1) is 0 Å². The molecule has 2 N–H and O–H groups in total. The number of aromatic nitrogens is 1. The number of aliphatic hydroxyl groups is 1. The van der Waals surface area contributed by atoms with Crippen molar-refractivity contribution in [3.05, 3.63) is 23.0 Å². The van der Waals surface area contributed by atoms with Crippen LogP contribution in [0.1, 0.15) is 30.2 Å². The zero-order chi connectivity index (χ0) is 16.1. The van der Waals surface area contributed by atoms with Crippen LogP contribution in [0.3, 0.4) is 0 Å². The van der Waals surface area contributed by atoms with Gasteiger partial charge in [0.2, 0.25) is 0 Å². The minimum Gasteiger partial charge on any atom is -0.496 e. The number of nitrogens with one attached hydrogen (secondary N) is 1. The third-order valence-electron chi connectivity index (χ3n) is 3.93. The van der Waals surface area contributed by atoms with E-state index in [4.69, 9.17) is 4.74 Å². The molecule has 22 heavy (non-hydrogen) atoms. The van der Waals surface area contributed by atoms with Gasteiger partial charge in [0, 0.05) is 37.0 Å². The fourth-order valence-corrected chi connectivity index (χ4v) is 2.74. The van der Waals surface area contributed by atoms with E-state index in [9.17, 15) is 5.11 Å². The molecule has 122 valence electrons. The molecule has 1 saturated heterocycles. The van der Waals surface area contributed by atoms with Crippen molar-refractivity contribution in [2.24, 2.45) is 4.99 Å². The van der Waals surface area contributed by atoms with Gasteiger partial charge >= 0.3 is 0 Å². The maximum atomic E-state index is 9.69. The van der Waals surface area contributed by atoms with Gasteiger partial charge in [0.25, 0.3) is 0 Å². The summed E-state index contributed by atoms with van der Waals surface area (Å²) in [5.74, 6) is 1.71. The number of likely N-dealkylation sites (tertiary alicyclic amines) is 1.